The second kappa shape index (κ2) is 8.42. The highest BCUT2D eigenvalue weighted by Gasteiger charge is 2.22. The summed E-state index contributed by atoms with van der Waals surface area (Å²) in [6, 6.07) is 13.8. The highest BCUT2D eigenvalue weighted by Crippen LogP contribution is 2.16. The Labute approximate surface area is 154 Å². The molecule has 1 aliphatic heterocycles. The summed E-state index contributed by atoms with van der Waals surface area (Å²) in [5.41, 5.74) is 1.34. The highest BCUT2D eigenvalue weighted by atomic mass is 32.2. The van der Waals surface area contributed by atoms with Gasteiger partial charge < -0.3 is 0 Å². The number of benzene rings is 1. The van der Waals surface area contributed by atoms with E-state index in [2.05, 4.69) is 38.8 Å². The lowest BCUT2D eigenvalue weighted by Gasteiger charge is -2.36. The third kappa shape index (κ3) is 5.36. The minimum Gasteiger partial charge on any atom is -0.299 e. The third-order valence-electron chi connectivity index (χ3n) is 4.36. The molecule has 1 fully saturated rings. The summed E-state index contributed by atoms with van der Waals surface area (Å²) in [5, 5.41) is 1.78. The first-order valence-electron chi connectivity index (χ1n) is 8.57. The van der Waals surface area contributed by atoms with Gasteiger partial charge in [-0.25, -0.2) is 13.1 Å². The molecule has 1 aliphatic rings. The second-order valence-electron chi connectivity index (χ2n) is 6.52. The fourth-order valence-corrected chi connectivity index (χ4v) is 5.38. The Bertz CT molecular complexity index is 740. The topological polar surface area (TPSA) is 52.6 Å². The van der Waals surface area contributed by atoms with E-state index < -0.39 is 10.0 Å². The standard InChI is InChI=1S/C18H25N3O2S2/c1-16(19-25(22,23)18-8-5-13-24-18)14-20-9-11-21(12-10-20)15-17-6-3-2-4-7-17/h2-8,13,16,19H,9-12,14-15H2,1H3/t16-/m0/s1. The molecule has 3 rings (SSSR count). The molecule has 1 aromatic carbocycles. The molecule has 0 aliphatic carbocycles. The van der Waals surface area contributed by atoms with E-state index in [1.807, 2.05) is 13.0 Å². The number of nitrogens with one attached hydrogen (secondary N) is 1. The van der Waals surface area contributed by atoms with Crippen molar-refractivity contribution in [1.82, 2.24) is 14.5 Å². The molecule has 1 N–H and O–H groups in total. The lowest BCUT2D eigenvalue weighted by molar-refractivity contribution is 0.122. The van der Waals surface area contributed by atoms with Crippen LogP contribution in [0.4, 0.5) is 0 Å². The Balaban J connectivity index is 1.44. The van der Waals surface area contributed by atoms with Gasteiger partial charge in [0.1, 0.15) is 4.21 Å². The molecule has 0 unspecified atom stereocenters. The Hall–Kier alpha value is -1.25. The van der Waals surface area contributed by atoms with Crippen molar-refractivity contribution in [2.75, 3.05) is 32.7 Å². The van der Waals surface area contributed by atoms with Crippen LogP contribution in [0.2, 0.25) is 0 Å². The SMILES string of the molecule is C[C@@H](CN1CCN(Cc2ccccc2)CC1)NS(=O)(=O)c1cccs1. The van der Waals surface area contributed by atoms with Crippen LogP contribution in [0.15, 0.2) is 52.1 Å². The summed E-state index contributed by atoms with van der Waals surface area (Å²) in [6.45, 7) is 7.62. The Morgan fingerprint density at radius 2 is 1.72 bits per heavy atom. The number of hydrogen-bond donors (Lipinski definition) is 1. The van der Waals surface area contributed by atoms with Crippen LogP contribution in [0.3, 0.4) is 0 Å². The first kappa shape index (κ1) is 18.5. The van der Waals surface area contributed by atoms with Crippen LogP contribution in [-0.4, -0.2) is 57.0 Å². The monoisotopic (exact) mass is 379 g/mol. The Morgan fingerprint density at radius 1 is 1.04 bits per heavy atom. The molecule has 1 atom stereocenters. The van der Waals surface area contributed by atoms with Gasteiger partial charge in [-0.3, -0.25) is 9.80 Å². The maximum atomic E-state index is 12.3. The maximum absolute atomic E-state index is 12.3. The molecular formula is C18H25N3O2S2. The fourth-order valence-electron chi connectivity index (χ4n) is 3.14. The van der Waals surface area contributed by atoms with Crippen molar-refractivity contribution in [3.8, 4) is 0 Å². The average molecular weight is 380 g/mol. The molecule has 136 valence electrons. The van der Waals surface area contributed by atoms with Crippen LogP contribution in [-0.2, 0) is 16.6 Å². The van der Waals surface area contributed by atoms with Gasteiger partial charge in [0.05, 0.1) is 0 Å². The average Bonchev–Trinajstić information content (AvgIpc) is 3.13. The summed E-state index contributed by atoms with van der Waals surface area (Å²) >= 11 is 1.25. The number of hydrogen-bond acceptors (Lipinski definition) is 5. The molecule has 1 saturated heterocycles. The van der Waals surface area contributed by atoms with Gasteiger partial charge in [-0.1, -0.05) is 36.4 Å². The van der Waals surface area contributed by atoms with Gasteiger partial charge in [0.25, 0.3) is 0 Å². The van der Waals surface area contributed by atoms with Gasteiger partial charge in [-0.15, -0.1) is 11.3 Å². The van der Waals surface area contributed by atoms with Crippen molar-refractivity contribution in [3.63, 3.8) is 0 Å². The molecule has 5 nitrogen and oxygen atoms in total. The molecule has 1 aromatic heterocycles. The number of piperazine rings is 1. The summed E-state index contributed by atoms with van der Waals surface area (Å²) in [4.78, 5) is 4.79. The van der Waals surface area contributed by atoms with E-state index in [0.29, 0.717) is 4.21 Å². The molecule has 0 spiro atoms. The predicted octanol–water partition coefficient (Wildman–Crippen LogP) is 2.23. The van der Waals surface area contributed by atoms with Crippen molar-refractivity contribution in [2.24, 2.45) is 0 Å². The smallest absolute Gasteiger partial charge is 0.250 e. The zero-order valence-electron chi connectivity index (χ0n) is 14.5. The fraction of sp³-hybridized carbons (Fsp3) is 0.444. The van der Waals surface area contributed by atoms with Gasteiger partial charge in [0, 0.05) is 45.3 Å². The van der Waals surface area contributed by atoms with Crippen molar-refractivity contribution < 1.29 is 8.42 Å². The summed E-state index contributed by atoms with van der Waals surface area (Å²) in [7, 11) is -3.39. The van der Waals surface area contributed by atoms with Crippen LogP contribution in [0.25, 0.3) is 0 Å². The zero-order chi connectivity index (χ0) is 17.7. The number of thiophene rings is 1. The van der Waals surface area contributed by atoms with E-state index >= 15 is 0 Å². The van der Waals surface area contributed by atoms with E-state index in [-0.39, 0.29) is 6.04 Å². The number of rotatable bonds is 7. The molecule has 7 heteroatoms. The van der Waals surface area contributed by atoms with Crippen molar-refractivity contribution >= 4 is 21.4 Å². The van der Waals surface area contributed by atoms with Crippen LogP contribution in [0.5, 0.6) is 0 Å². The summed E-state index contributed by atoms with van der Waals surface area (Å²) in [6.07, 6.45) is 0. The molecule has 2 heterocycles. The molecule has 0 saturated carbocycles. The molecule has 0 bridgehead atoms. The normalized spacial score (nSPS) is 18.3. The second-order valence-corrected chi connectivity index (χ2v) is 9.41. The van der Waals surface area contributed by atoms with Gasteiger partial charge >= 0.3 is 0 Å². The maximum Gasteiger partial charge on any atom is 0.250 e. The van der Waals surface area contributed by atoms with Crippen molar-refractivity contribution in [3.05, 3.63) is 53.4 Å². The quantitative estimate of drug-likeness (QED) is 0.802. The van der Waals surface area contributed by atoms with E-state index in [0.717, 1.165) is 39.3 Å². The van der Waals surface area contributed by atoms with Crippen LogP contribution < -0.4 is 4.72 Å². The Morgan fingerprint density at radius 3 is 2.36 bits per heavy atom. The molecular weight excluding hydrogens is 354 g/mol. The summed E-state index contributed by atoms with van der Waals surface area (Å²) in [5.74, 6) is 0. The number of sulfonamides is 1. The molecule has 0 radical (unpaired) electrons. The first-order valence-corrected chi connectivity index (χ1v) is 10.9. The van der Waals surface area contributed by atoms with E-state index in [1.165, 1.54) is 16.9 Å². The summed E-state index contributed by atoms with van der Waals surface area (Å²) < 4.78 is 27.7. The van der Waals surface area contributed by atoms with Gasteiger partial charge in [0.15, 0.2) is 0 Å². The van der Waals surface area contributed by atoms with Crippen molar-refractivity contribution in [2.45, 2.75) is 23.7 Å². The van der Waals surface area contributed by atoms with Crippen LogP contribution in [0, 0.1) is 0 Å². The first-order chi connectivity index (χ1) is 12.0. The minimum atomic E-state index is -3.39. The molecule has 2 aromatic rings. The lowest BCUT2D eigenvalue weighted by Crippen LogP contribution is -2.50. The minimum absolute atomic E-state index is 0.104. The Kier molecular flexibility index (Phi) is 6.24. The largest absolute Gasteiger partial charge is 0.299 e. The van der Waals surface area contributed by atoms with E-state index in [9.17, 15) is 8.42 Å². The lowest BCUT2D eigenvalue weighted by atomic mass is 10.2. The van der Waals surface area contributed by atoms with E-state index in [1.54, 1.807) is 17.5 Å². The highest BCUT2D eigenvalue weighted by molar-refractivity contribution is 7.91. The third-order valence-corrected chi connectivity index (χ3v) is 7.35. The van der Waals surface area contributed by atoms with Crippen molar-refractivity contribution in [1.29, 1.82) is 0 Å². The van der Waals surface area contributed by atoms with Crippen LogP contribution >= 0.6 is 11.3 Å². The molecule has 0 amide bonds. The zero-order valence-corrected chi connectivity index (χ0v) is 16.1. The van der Waals surface area contributed by atoms with Gasteiger partial charge in [-0.2, -0.15) is 0 Å². The van der Waals surface area contributed by atoms with Crippen LogP contribution in [0.1, 0.15) is 12.5 Å². The van der Waals surface area contributed by atoms with Gasteiger partial charge in [0.2, 0.25) is 10.0 Å². The van der Waals surface area contributed by atoms with Gasteiger partial charge in [-0.05, 0) is 23.9 Å². The molecule has 25 heavy (non-hydrogen) atoms. The van der Waals surface area contributed by atoms with E-state index in [4.69, 9.17) is 0 Å². The predicted molar refractivity (Wildman–Crippen MR) is 102 cm³/mol. The number of nitrogens with zero attached hydrogens (tertiary/aromatic N) is 2.